The molecular formula is C20H25FN4O2S. The molecule has 6 nitrogen and oxygen atoms in total. The molecule has 0 aromatic heterocycles. The molecule has 0 atom stereocenters. The Morgan fingerprint density at radius 3 is 2.54 bits per heavy atom. The molecule has 28 heavy (non-hydrogen) atoms. The van der Waals surface area contributed by atoms with Gasteiger partial charge in [0.25, 0.3) is 11.8 Å². The Labute approximate surface area is 168 Å². The maximum atomic E-state index is 14.3. The highest BCUT2D eigenvalue weighted by atomic mass is 32.2. The molecule has 8 heteroatoms. The Balaban J connectivity index is 1.79. The number of allylic oxidation sites excluding steroid dienone is 2. The van der Waals surface area contributed by atoms with Crippen LogP contribution in [0.15, 0.2) is 30.0 Å². The number of rotatable bonds is 5. The average molecular weight is 405 g/mol. The van der Waals surface area contributed by atoms with Gasteiger partial charge in [-0.1, -0.05) is 0 Å². The van der Waals surface area contributed by atoms with Gasteiger partial charge in [0, 0.05) is 47.5 Å². The summed E-state index contributed by atoms with van der Waals surface area (Å²) in [5.41, 5.74) is 13.3. The SMILES string of the molecule is Cc1c(F)cc(C(=O)NC2CC2)cc1/C(N)=C/C=C(\N)C(=O)N1CCSCC1. The Morgan fingerprint density at radius 2 is 1.89 bits per heavy atom. The second kappa shape index (κ2) is 8.68. The fourth-order valence-corrected chi connectivity index (χ4v) is 3.80. The summed E-state index contributed by atoms with van der Waals surface area (Å²) >= 11 is 1.80. The van der Waals surface area contributed by atoms with E-state index in [2.05, 4.69) is 5.32 Å². The lowest BCUT2D eigenvalue weighted by Gasteiger charge is -2.26. The van der Waals surface area contributed by atoms with E-state index >= 15 is 0 Å². The normalized spacial score (nSPS) is 18.1. The van der Waals surface area contributed by atoms with Gasteiger partial charge in [-0.15, -0.1) is 0 Å². The van der Waals surface area contributed by atoms with E-state index in [0.29, 0.717) is 24.2 Å². The molecule has 0 radical (unpaired) electrons. The molecule has 5 N–H and O–H groups in total. The van der Waals surface area contributed by atoms with Crippen LogP contribution in [0.4, 0.5) is 4.39 Å². The van der Waals surface area contributed by atoms with Crippen molar-refractivity contribution < 1.29 is 14.0 Å². The lowest BCUT2D eigenvalue weighted by molar-refractivity contribution is -0.126. The van der Waals surface area contributed by atoms with Crippen LogP contribution >= 0.6 is 11.8 Å². The summed E-state index contributed by atoms with van der Waals surface area (Å²) in [6.07, 6.45) is 4.82. The summed E-state index contributed by atoms with van der Waals surface area (Å²) in [4.78, 5) is 26.3. The quantitative estimate of drug-likeness (QED) is 0.513. The largest absolute Gasteiger partial charge is 0.398 e. The second-order valence-corrected chi connectivity index (χ2v) is 8.25. The molecule has 1 saturated carbocycles. The van der Waals surface area contributed by atoms with Crippen molar-refractivity contribution in [3.63, 3.8) is 0 Å². The Hall–Kier alpha value is -2.48. The van der Waals surface area contributed by atoms with Crippen molar-refractivity contribution in [3.8, 4) is 0 Å². The third kappa shape index (κ3) is 4.86. The van der Waals surface area contributed by atoms with Gasteiger partial charge in [0.05, 0.1) is 5.70 Å². The van der Waals surface area contributed by atoms with Gasteiger partial charge < -0.3 is 21.7 Å². The van der Waals surface area contributed by atoms with Crippen LogP contribution in [-0.4, -0.2) is 47.4 Å². The van der Waals surface area contributed by atoms with Crippen molar-refractivity contribution in [3.05, 3.63) is 52.5 Å². The Morgan fingerprint density at radius 1 is 1.21 bits per heavy atom. The first-order valence-corrected chi connectivity index (χ1v) is 10.4. The number of carbonyl (C=O) groups excluding carboxylic acids is 2. The summed E-state index contributed by atoms with van der Waals surface area (Å²) in [6.45, 7) is 2.93. The van der Waals surface area contributed by atoms with E-state index in [1.807, 2.05) is 0 Å². The number of nitrogens with zero attached hydrogens (tertiary/aromatic N) is 1. The van der Waals surface area contributed by atoms with Gasteiger partial charge in [0.1, 0.15) is 5.82 Å². The van der Waals surface area contributed by atoms with Crippen molar-refractivity contribution in [2.24, 2.45) is 11.5 Å². The standard InChI is InChI=1S/C20H25FN4O2S/c1-12-15(10-13(11-16(12)21)19(26)24-14-2-3-14)17(22)4-5-18(23)20(27)25-6-8-28-9-7-25/h4-5,10-11,14H,2-3,6-9,22-23H2,1H3,(H,24,26)/b17-4-,18-5-. The zero-order valence-corrected chi connectivity index (χ0v) is 16.7. The molecule has 1 aliphatic carbocycles. The number of thioether (sulfide) groups is 1. The number of amides is 2. The van der Waals surface area contributed by atoms with E-state index in [0.717, 1.165) is 24.3 Å². The maximum absolute atomic E-state index is 14.3. The van der Waals surface area contributed by atoms with Crippen molar-refractivity contribution >= 4 is 29.3 Å². The highest BCUT2D eigenvalue weighted by Crippen LogP contribution is 2.23. The molecule has 0 unspecified atom stereocenters. The summed E-state index contributed by atoms with van der Waals surface area (Å²) in [6, 6.07) is 2.96. The van der Waals surface area contributed by atoms with E-state index in [1.165, 1.54) is 18.2 Å². The average Bonchev–Trinajstić information content (AvgIpc) is 3.51. The fraction of sp³-hybridized carbons (Fsp3) is 0.400. The topological polar surface area (TPSA) is 101 Å². The maximum Gasteiger partial charge on any atom is 0.269 e. The van der Waals surface area contributed by atoms with Crippen molar-refractivity contribution in [1.82, 2.24) is 10.2 Å². The van der Waals surface area contributed by atoms with Gasteiger partial charge in [0.2, 0.25) is 0 Å². The highest BCUT2D eigenvalue weighted by molar-refractivity contribution is 7.99. The van der Waals surface area contributed by atoms with Crippen LogP contribution < -0.4 is 16.8 Å². The van der Waals surface area contributed by atoms with Gasteiger partial charge in [0.15, 0.2) is 0 Å². The van der Waals surface area contributed by atoms with Crippen molar-refractivity contribution in [2.45, 2.75) is 25.8 Å². The van der Waals surface area contributed by atoms with Crippen LogP contribution in [0.3, 0.4) is 0 Å². The Kier molecular flexibility index (Phi) is 6.28. The Bertz CT molecular complexity index is 843. The number of nitrogens with two attached hydrogens (primary N) is 2. The third-order valence-electron chi connectivity index (χ3n) is 4.82. The lowest BCUT2D eigenvalue weighted by Crippen LogP contribution is -2.40. The van der Waals surface area contributed by atoms with Gasteiger partial charge in [-0.25, -0.2) is 4.39 Å². The summed E-state index contributed by atoms with van der Waals surface area (Å²) in [5, 5.41) is 2.83. The molecule has 2 aliphatic rings. The molecule has 1 heterocycles. The van der Waals surface area contributed by atoms with Crippen LogP contribution in [0, 0.1) is 12.7 Å². The molecule has 1 saturated heterocycles. The van der Waals surface area contributed by atoms with Gasteiger partial charge >= 0.3 is 0 Å². The number of halogens is 1. The van der Waals surface area contributed by atoms with Crippen LogP contribution in [0.25, 0.3) is 5.70 Å². The van der Waals surface area contributed by atoms with Crippen molar-refractivity contribution in [1.29, 1.82) is 0 Å². The zero-order chi connectivity index (χ0) is 20.3. The monoisotopic (exact) mass is 404 g/mol. The minimum atomic E-state index is -0.506. The number of benzene rings is 1. The van der Waals surface area contributed by atoms with E-state index in [9.17, 15) is 14.0 Å². The molecule has 1 aliphatic heterocycles. The van der Waals surface area contributed by atoms with Crippen molar-refractivity contribution in [2.75, 3.05) is 24.6 Å². The van der Waals surface area contributed by atoms with Gasteiger partial charge in [-0.05, 0) is 49.6 Å². The first-order chi connectivity index (χ1) is 13.4. The van der Waals surface area contributed by atoms with Crippen LogP contribution in [0.1, 0.15) is 34.3 Å². The smallest absolute Gasteiger partial charge is 0.269 e. The van der Waals surface area contributed by atoms with Crippen LogP contribution in [0.5, 0.6) is 0 Å². The van der Waals surface area contributed by atoms with E-state index < -0.39 is 5.82 Å². The first-order valence-electron chi connectivity index (χ1n) is 9.28. The molecular weight excluding hydrogens is 379 g/mol. The molecule has 150 valence electrons. The molecule has 3 rings (SSSR count). The number of nitrogens with one attached hydrogen (secondary N) is 1. The van der Waals surface area contributed by atoms with E-state index in [1.54, 1.807) is 29.7 Å². The molecule has 0 bridgehead atoms. The summed E-state index contributed by atoms with van der Waals surface area (Å²) in [7, 11) is 0. The van der Waals surface area contributed by atoms with E-state index in [-0.39, 0.29) is 34.8 Å². The number of hydrogen-bond donors (Lipinski definition) is 3. The minimum absolute atomic E-state index is 0.0793. The summed E-state index contributed by atoms with van der Waals surface area (Å²) < 4.78 is 14.3. The number of carbonyl (C=O) groups is 2. The fourth-order valence-electron chi connectivity index (χ4n) is 2.90. The second-order valence-electron chi connectivity index (χ2n) is 7.03. The molecule has 0 spiro atoms. The highest BCUT2D eigenvalue weighted by Gasteiger charge is 2.24. The van der Waals surface area contributed by atoms with Gasteiger partial charge in [-0.2, -0.15) is 11.8 Å². The molecule has 2 amide bonds. The predicted octanol–water partition coefficient (Wildman–Crippen LogP) is 1.74. The predicted molar refractivity (Wildman–Crippen MR) is 110 cm³/mol. The minimum Gasteiger partial charge on any atom is -0.398 e. The number of hydrogen-bond acceptors (Lipinski definition) is 5. The third-order valence-corrected chi connectivity index (χ3v) is 5.76. The molecule has 1 aromatic carbocycles. The first kappa shape index (κ1) is 20.3. The lowest BCUT2D eigenvalue weighted by atomic mass is 10.0. The van der Waals surface area contributed by atoms with Crippen LogP contribution in [-0.2, 0) is 4.79 Å². The summed E-state index contributed by atoms with van der Waals surface area (Å²) in [5.74, 6) is 0.734. The van der Waals surface area contributed by atoms with Crippen LogP contribution in [0.2, 0.25) is 0 Å². The van der Waals surface area contributed by atoms with Gasteiger partial charge in [-0.3, -0.25) is 9.59 Å². The molecule has 1 aromatic rings. The molecule has 2 fully saturated rings. The van der Waals surface area contributed by atoms with E-state index in [4.69, 9.17) is 11.5 Å². The zero-order valence-electron chi connectivity index (χ0n) is 15.8.